The molecule has 0 bridgehead atoms. The van der Waals surface area contributed by atoms with Gasteiger partial charge in [-0.3, -0.25) is 9.59 Å². The van der Waals surface area contributed by atoms with E-state index >= 15 is 0 Å². The quantitative estimate of drug-likeness (QED) is 0.852. The zero-order chi connectivity index (χ0) is 15.7. The smallest absolute Gasteiger partial charge is 0.248 e. The zero-order valence-electron chi connectivity index (χ0n) is 12.4. The van der Waals surface area contributed by atoms with E-state index in [1.165, 1.54) is 0 Å². The fraction of sp³-hybridized carbons (Fsp3) is 0.222. The summed E-state index contributed by atoms with van der Waals surface area (Å²) in [7, 11) is 0. The zero-order valence-corrected chi connectivity index (χ0v) is 12.4. The Hall–Kier alpha value is -2.46. The number of Topliss-reactive ketones (excluding diaryl/α,β-unsaturated/α-hetero) is 1. The molecule has 0 aliphatic carbocycles. The van der Waals surface area contributed by atoms with E-state index in [1.807, 2.05) is 37.3 Å². The number of nitrogens with one attached hydrogen (secondary N) is 1. The van der Waals surface area contributed by atoms with Crippen molar-refractivity contribution in [3.63, 3.8) is 0 Å². The van der Waals surface area contributed by atoms with E-state index in [4.69, 9.17) is 5.73 Å². The number of hydrogen-bond acceptors (Lipinski definition) is 3. The van der Waals surface area contributed by atoms with Crippen molar-refractivity contribution in [1.82, 2.24) is 5.32 Å². The van der Waals surface area contributed by atoms with E-state index in [0.29, 0.717) is 11.1 Å². The number of amides is 1. The van der Waals surface area contributed by atoms with Gasteiger partial charge in [-0.05, 0) is 36.6 Å². The standard InChI is InChI=1S/C18H18N2O2/c1-11-2-4-13(5-3-11)17(21)16-15-10-14(18(19)22)7-6-12(15)8-9-20-16/h2-7,10,16,20H,8-9H2,1H3,(H2,19,22). The first-order valence-corrected chi connectivity index (χ1v) is 7.33. The molecule has 2 aromatic rings. The molecule has 22 heavy (non-hydrogen) atoms. The van der Waals surface area contributed by atoms with Crippen molar-refractivity contribution >= 4 is 11.7 Å². The monoisotopic (exact) mass is 294 g/mol. The number of aryl methyl sites for hydroxylation is 1. The Morgan fingerprint density at radius 2 is 1.77 bits per heavy atom. The van der Waals surface area contributed by atoms with Gasteiger partial charge >= 0.3 is 0 Å². The van der Waals surface area contributed by atoms with E-state index in [9.17, 15) is 9.59 Å². The van der Waals surface area contributed by atoms with Gasteiger partial charge in [0, 0.05) is 17.7 Å². The molecule has 0 radical (unpaired) electrons. The van der Waals surface area contributed by atoms with Crippen molar-refractivity contribution in [3.05, 3.63) is 70.3 Å². The van der Waals surface area contributed by atoms with Gasteiger partial charge in [-0.2, -0.15) is 0 Å². The lowest BCUT2D eigenvalue weighted by atomic mass is 9.88. The van der Waals surface area contributed by atoms with Crippen LogP contribution in [0.5, 0.6) is 0 Å². The van der Waals surface area contributed by atoms with Crippen LogP contribution in [0.1, 0.15) is 43.4 Å². The summed E-state index contributed by atoms with van der Waals surface area (Å²) in [5.74, 6) is -0.461. The third-order valence-corrected chi connectivity index (χ3v) is 4.08. The summed E-state index contributed by atoms with van der Waals surface area (Å²) in [5, 5.41) is 3.25. The second-order valence-corrected chi connectivity index (χ2v) is 5.65. The van der Waals surface area contributed by atoms with E-state index < -0.39 is 11.9 Å². The lowest BCUT2D eigenvalue weighted by molar-refractivity contribution is 0.0937. The number of fused-ring (bicyclic) bond motifs is 1. The number of rotatable bonds is 3. The van der Waals surface area contributed by atoms with Crippen molar-refractivity contribution in [2.75, 3.05) is 6.54 Å². The van der Waals surface area contributed by atoms with Gasteiger partial charge < -0.3 is 11.1 Å². The van der Waals surface area contributed by atoms with Crippen LogP contribution in [-0.2, 0) is 6.42 Å². The van der Waals surface area contributed by atoms with Gasteiger partial charge in [-0.25, -0.2) is 0 Å². The van der Waals surface area contributed by atoms with Crippen LogP contribution in [0.15, 0.2) is 42.5 Å². The summed E-state index contributed by atoms with van der Waals surface area (Å²) in [5.41, 5.74) is 9.52. The molecule has 0 saturated heterocycles. The molecule has 0 aromatic heterocycles. The summed E-state index contributed by atoms with van der Waals surface area (Å²) in [4.78, 5) is 24.2. The minimum absolute atomic E-state index is 0.0163. The Morgan fingerprint density at radius 1 is 1.09 bits per heavy atom. The molecule has 4 nitrogen and oxygen atoms in total. The lowest BCUT2D eigenvalue weighted by Crippen LogP contribution is -2.35. The van der Waals surface area contributed by atoms with Gasteiger partial charge in [0.15, 0.2) is 5.78 Å². The number of benzene rings is 2. The largest absolute Gasteiger partial charge is 0.366 e. The van der Waals surface area contributed by atoms with E-state index in [0.717, 1.165) is 29.7 Å². The van der Waals surface area contributed by atoms with Gasteiger partial charge in [0.1, 0.15) is 0 Å². The highest BCUT2D eigenvalue weighted by molar-refractivity contribution is 6.01. The summed E-state index contributed by atoms with van der Waals surface area (Å²) >= 11 is 0. The fourth-order valence-electron chi connectivity index (χ4n) is 2.82. The molecule has 0 spiro atoms. The minimum atomic E-state index is -0.477. The third kappa shape index (κ3) is 2.65. The average Bonchev–Trinajstić information content (AvgIpc) is 2.53. The number of carbonyl (C=O) groups is 2. The van der Waals surface area contributed by atoms with Crippen LogP contribution in [0.4, 0.5) is 0 Å². The molecule has 112 valence electrons. The Labute approximate surface area is 129 Å². The topological polar surface area (TPSA) is 72.2 Å². The molecule has 3 rings (SSSR count). The number of carbonyl (C=O) groups excluding carboxylic acids is 2. The predicted octanol–water partition coefficient (Wildman–Crippen LogP) is 2.16. The molecule has 1 aliphatic heterocycles. The molecule has 0 fully saturated rings. The van der Waals surface area contributed by atoms with Crippen molar-refractivity contribution in [1.29, 1.82) is 0 Å². The molecule has 1 aliphatic rings. The van der Waals surface area contributed by atoms with E-state index in [2.05, 4.69) is 5.32 Å². The van der Waals surface area contributed by atoms with Gasteiger partial charge in [0.2, 0.25) is 5.91 Å². The van der Waals surface area contributed by atoms with Crippen molar-refractivity contribution in [3.8, 4) is 0 Å². The molecule has 1 heterocycles. The normalized spacial score (nSPS) is 16.9. The predicted molar refractivity (Wildman–Crippen MR) is 84.9 cm³/mol. The van der Waals surface area contributed by atoms with Gasteiger partial charge in [0.25, 0.3) is 0 Å². The fourth-order valence-corrected chi connectivity index (χ4v) is 2.82. The summed E-state index contributed by atoms with van der Waals surface area (Å²) < 4.78 is 0. The first-order valence-electron chi connectivity index (χ1n) is 7.33. The minimum Gasteiger partial charge on any atom is -0.366 e. The SMILES string of the molecule is Cc1ccc(C(=O)C2NCCc3ccc(C(N)=O)cc32)cc1. The maximum absolute atomic E-state index is 12.8. The summed E-state index contributed by atoms with van der Waals surface area (Å²) in [6.07, 6.45) is 0.839. The van der Waals surface area contributed by atoms with Crippen molar-refractivity contribution in [2.24, 2.45) is 5.73 Å². The van der Waals surface area contributed by atoms with Crippen LogP contribution in [0.3, 0.4) is 0 Å². The van der Waals surface area contributed by atoms with E-state index in [1.54, 1.807) is 12.1 Å². The number of primary amides is 1. The molecule has 3 N–H and O–H groups in total. The third-order valence-electron chi connectivity index (χ3n) is 4.08. The molecule has 1 amide bonds. The molecule has 0 saturated carbocycles. The van der Waals surface area contributed by atoms with Crippen LogP contribution in [0, 0.1) is 6.92 Å². The van der Waals surface area contributed by atoms with Crippen LogP contribution < -0.4 is 11.1 Å². The summed E-state index contributed by atoms with van der Waals surface area (Å²) in [6, 6.07) is 12.5. The second kappa shape index (κ2) is 5.73. The second-order valence-electron chi connectivity index (χ2n) is 5.65. The lowest BCUT2D eigenvalue weighted by Gasteiger charge is -2.26. The molecule has 1 atom stereocenters. The Morgan fingerprint density at radius 3 is 2.45 bits per heavy atom. The van der Waals surface area contributed by atoms with Crippen LogP contribution in [-0.4, -0.2) is 18.2 Å². The summed E-state index contributed by atoms with van der Waals surface area (Å²) in [6.45, 7) is 2.73. The van der Waals surface area contributed by atoms with Crippen LogP contribution >= 0.6 is 0 Å². The molecule has 2 aromatic carbocycles. The average molecular weight is 294 g/mol. The molecular weight excluding hydrogens is 276 g/mol. The van der Waals surface area contributed by atoms with E-state index in [-0.39, 0.29) is 5.78 Å². The molecule has 4 heteroatoms. The Balaban J connectivity index is 1.99. The number of nitrogens with two attached hydrogens (primary N) is 1. The highest BCUT2D eigenvalue weighted by Gasteiger charge is 2.27. The van der Waals surface area contributed by atoms with Crippen LogP contribution in [0.2, 0.25) is 0 Å². The van der Waals surface area contributed by atoms with Crippen molar-refractivity contribution in [2.45, 2.75) is 19.4 Å². The first kappa shape index (κ1) is 14.5. The first-order chi connectivity index (χ1) is 10.6. The van der Waals surface area contributed by atoms with Crippen LogP contribution in [0.25, 0.3) is 0 Å². The van der Waals surface area contributed by atoms with Gasteiger partial charge in [0.05, 0.1) is 6.04 Å². The van der Waals surface area contributed by atoms with Gasteiger partial charge in [-0.15, -0.1) is 0 Å². The highest BCUT2D eigenvalue weighted by atomic mass is 16.1. The highest BCUT2D eigenvalue weighted by Crippen LogP contribution is 2.27. The molecule has 1 unspecified atom stereocenters. The maximum atomic E-state index is 12.8. The maximum Gasteiger partial charge on any atom is 0.248 e. The van der Waals surface area contributed by atoms with Gasteiger partial charge in [-0.1, -0.05) is 35.9 Å². The number of ketones is 1. The number of hydrogen-bond donors (Lipinski definition) is 2. The molecular formula is C18H18N2O2. The Bertz CT molecular complexity index is 735. The Kier molecular flexibility index (Phi) is 3.77. The van der Waals surface area contributed by atoms with Crippen molar-refractivity contribution < 1.29 is 9.59 Å².